The zero-order chi connectivity index (χ0) is 18.4. The van der Waals surface area contributed by atoms with Crippen LogP contribution >= 0.6 is 0 Å². The Kier molecular flexibility index (Phi) is 4.06. The van der Waals surface area contributed by atoms with Gasteiger partial charge in [0.25, 0.3) is 5.56 Å². The highest BCUT2D eigenvalue weighted by molar-refractivity contribution is 5.87. The Morgan fingerprint density at radius 3 is 2.48 bits per heavy atom. The topological polar surface area (TPSA) is 48.0 Å². The lowest BCUT2D eigenvalue weighted by Crippen LogP contribution is -2.27. The van der Waals surface area contributed by atoms with Crippen LogP contribution in [-0.2, 0) is 19.6 Å². The van der Waals surface area contributed by atoms with Gasteiger partial charge in [-0.3, -0.25) is 4.79 Å². The summed E-state index contributed by atoms with van der Waals surface area (Å²) >= 11 is 0. The molecule has 0 radical (unpaired) electrons. The molecule has 0 bridgehead atoms. The third kappa shape index (κ3) is 3.12. The van der Waals surface area contributed by atoms with Crippen molar-refractivity contribution in [2.75, 3.05) is 5.73 Å². The molecule has 0 spiro atoms. The second-order valence-corrected chi connectivity index (χ2v) is 6.16. The van der Waals surface area contributed by atoms with Crippen LogP contribution in [-0.4, -0.2) is 4.57 Å². The van der Waals surface area contributed by atoms with E-state index in [2.05, 4.69) is 0 Å². The summed E-state index contributed by atoms with van der Waals surface area (Å²) in [4.78, 5) is 12.7. The van der Waals surface area contributed by atoms with Crippen molar-refractivity contribution in [3.05, 3.63) is 75.1 Å². The number of aryl methyl sites for hydroxylation is 2. The molecule has 0 unspecified atom stereocenters. The molecule has 2 aromatic carbocycles. The van der Waals surface area contributed by atoms with E-state index in [1.54, 1.807) is 18.2 Å². The van der Waals surface area contributed by atoms with Gasteiger partial charge in [0.1, 0.15) is 0 Å². The molecule has 2 N–H and O–H groups in total. The largest absolute Gasteiger partial charge is 0.417 e. The highest BCUT2D eigenvalue weighted by Crippen LogP contribution is 2.37. The number of benzene rings is 2. The standard InChI is InChI=1S/C19H17F3N2O/c1-11-4-3-5-12(8-11)9-15-17(19(20,21)22)14-10-13(23)6-7-16(14)24(2)18(15)25/h3-8,10H,9,23H2,1-2H3. The number of hydrogen-bond donors (Lipinski definition) is 1. The Hall–Kier alpha value is -2.76. The average molecular weight is 346 g/mol. The maximum Gasteiger partial charge on any atom is 0.417 e. The van der Waals surface area contributed by atoms with E-state index in [4.69, 9.17) is 5.73 Å². The Labute approximate surface area is 142 Å². The van der Waals surface area contributed by atoms with Gasteiger partial charge in [0.05, 0.1) is 11.1 Å². The molecule has 1 aromatic heterocycles. The van der Waals surface area contributed by atoms with Gasteiger partial charge in [-0.05, 0) is 30.7 Å². The second-order valence-electron chi connectivity index (χ2n) is 6.16. The molecule has 0 saturated carbocycles. The summed E-state index contributed by atoms with van der Waals surface area (Å²) in [5.74, 6) is 0. The second kappa shape index (κ2) is 5.95. The van der Waals surface area contributed by atoms with Crippen LogP contribution in [0.2, 0.25) is 0 Å². The zero-order valence-electron chi connectivity index (χ0n) is 13.8. The van der Waals surface area contributed by atoms with E-state index >= 15 is 0 Å². The third-order valence-electron chi connectivity index (χ3n) is 4.26. The molecule has 130 valence electrons. The smallest absolute Gasteiger partial charge is 0.399 e. The zero-order valence-corrected chi connectivity index (χ0v) is 13.8. The van der Waals surface area contributed by atoms with E-state index in [0.29, 0.717) is 5.56 Å². The predicted molar refractivity (Wildman–Crippen MR) is 92.6 cm³/mol. The lowest BCUT2D eigenvalue weighted by Gasteiger charge is -2.18. The van der Waals surface area contributed by atoms with Crippen LogP contribution in [0, 0.1) is 6.92 Å². The third-order valence-corrected chi connectivity index (χ3v) is 4.26. The van der Waals surface area contributed by atoms with Gasteiger partial charge in [-0.15, -0.1) is 0 Å². The fourth-order valence-corrected chi connectivity index (χ4v) is 3.14. The molecule has 0 saturated heterocycles. The molecule has 25 heavy (non-hydrogen) atoms. The Morgan fingerprint density at radius 2 is 1.84 bits per heavy atom. The molecular weight excluding hydrogens is 329 g/mol. The highest BCUT2D eigenvalue weighted by Gasteiger charge is 2.37. The minimum atomic E-state index is -4.65. The molecule has 0 atom stereocenters. The average Bonchev–Trinajstić information content (AvgIpc) is 2.51. The molecule has 0 fully saturated rings. The van der Waals surface area contributed by atoms with Crippen LogP contribution in [0.25, 0.3) is 10.9 Å². The van der Waals surface area contributed by atoms with Crippen LogP contribution < -0.4 is 11.3 Å². The van der Waals surface area contributed by atoms with Crippen molar-refractivity contribution in [2.24, 2.45) is 7.05 Å². The van der Waals surface area contributed by atoms with Crippen LogP contribution in [0.15, 0.2) is 47.3 Å². The quantitative estimate of drug-likeness (QED) is 0.712. The SMILES string of the molecule is Cc1cccc(Cc2c(C(F)(F)F)c3cc(N)ccc3n(C)c2=O)c1. The van der Waals surface area contributed by atoms with E-state index in [0.717, 1.165) is 5.56 Å². The number of rotatable bonds is 2. The molecule has 3 rings (SSSR count). The Balaban J connectivity index is 2.37. The molecule has 0 aliphatic heterocycles. The summed E-state index contributed by atoms with van der Waals surface area (Å²) < 4.78 is 42.7. The van der Waals surface area contributed by atoms with Gasteiger partial charge in [-0.1, -0.05) is 29.8 Å². The number of alkyl halides is 3. The minimum absolute atomic E-state index is 0.0581. The highest BCUT2D eigenvalue weighted by atomic mass is 19.4. The van der Waals surface area contributed by atoms with Gasteiger partial charge < -0.3 is 10.3 Å². The van der Waals surface area contributed by atoms with Crippen molar-refractivity contribution in [1.29, 1.82) is 0 Å². The van der Waals surface area contributed by atoms with E-state index < -0.39 is 17.3 Å². The Bertz CT molecular complexity index is 1020. The van der Waals surface area contributed by atoms with Gasteiger partial charge in [0.2, 0.25) is 0 Å². The number of pyridine rings is 1. The predicted octanol–water partition coefficient (Wildman–Crippen LogP) is 4.04. The van der Waals surface area contributed by atoms with Gasteiger partial charge >= 0.3 is 6.18 Å². The van der Waals surface area contributed by atoms with Crippen molar-refractivity contribution >= 4 is 16.6 Å². The lowest BCUT2D eigenvalue weighted by molar-refractivity contribution is -0.137. The maximum atomic E-state index is 13.8. The van der Waals surface area contributed by atoms with Gasteiger partial charge in [-0.25, -0.2) is 0 Å². The summed E-state index contributed by atoms with van der Waals surface area (Å²) in [6, 6.07) is 11.3. The van der Waals surface area contributed by atoms with Gasteiger partial charge in [0, 0.05) is 30.1 Å². The first-order valence-corrected chi connectivity index (χ1v) is 7.72. The number of fused-ring (bicyclic) bond motifs is 1. The maximum absolute atomic E-state index is 13.8. The van der Waals surface area contributed by atoms with Gasteiger partial charge in [-0.2, -0.15) is 13.2 Å². The number of hydrogen-bond acceptors (Lipinski definition) is 2. The fraction of sp³-hybridized carbons (Fsp3) is 0.211. The molecule has 3 nitrogen and oxygen atoms in total. The number of nitrogens with two attached hydrogens (primary N) is 1. The van der Waals surface area contributed by atoms with Crippen LogP contribution in [0.4, 0.5) is 18.9 Å². The van der Waals surface area contributed by atoms with Crippen LogP contribution in [0.5, 0.6) is 0 Å². The van der Waals surface area contributed by atoms with Crippen molar-refractivity contribution in [3.63, 3.8) is 0 Å². The first kappa shape index (κ1) is 17.1. The number of anilines is 1. The van der Waals surface area contributed by atoms with E-state index in [9.17, 15) is 18.0 Å². The van der Waals surface area contributed by atoms with E-state index in [1.165, 1.54) is 29.8 Å². The summed E-state index contributed by atoms with van der Waals surface area (Å²) in [5, 5.41) is -0.0581. The van der Waals surface area contributed by atoms with Crippen molar-refractivity contribution in [1.82, 2.24) is 4.57 Å². The monoisotopic (exact) mass is 346 g/mol. The van der Waals surface area contributed by atoms with Crippen molar-refractivity contribution in [3.8, 4) is 0 Å². The van der Waals surface area contributed by atoms with Crippen molar-refractivity contribution in [2.45, 2.75) is 19.5 Å². The fourth-order valence-electron chi connectivity index (χ4n) is 3.14. The summed E-state index contributed by atoms with van der Waals surface area (Å²) in [5.41, 5.74) is 5.89. The molecule has 0 amide bonds. The van der Waals surface area contributed by atoms with Gasteiger partial charge in [0.15, 0.2) is 0 Å². The first-order valence-electron chi connectivity index (χ1n) is 7.72. The molecule has 1 heterocycles. The molecule has 0 aliphatic rings. The molecule has 3 aromatic rings. The van der Waals surface area contributed by atoms with Crippen LogP contribution in [0.1, 0.15) is 22.3 Å². The summed E-state index contributed by atoms with van der Waals surface area (Å²) in [7, 11) is 1.47. The first-order chi connectivity index (χ1) is 11.7. The van der Waals surface area contributed by atoms with Crippen LogP contribution in [0.3, 0.4) is 0 Å². The number of nitrogen functional groups attached to an aromatic ring is 1. The molecule has 6 heteroatoms. The number of aromatic nitrogens is 1. The summed E-state index contributed by atoms with van der Waals surface area (Å²) in [6.07, 6.45) is -4.74. The normalized spacial score (nSPS) is 11.9. The minimum Gasteiger partial charge on any atom is -0.399 e. The molecule has 0 aliphatic carbocycles. The summed E-state index contributed by atoms with van der Waals surface area (Å²) in [6.45, 7) is 1.85. The van der Waals surface area contributed by atoms with E-state index in [1.807, 2.05) is 13.0 Å². The number of halogens is 3. The lowest BCUT2D eigenvalue weighted by atomic mass is 9.96. The van der Waals surface area contributed by atoms with E-state index in [-0.39, 0.29) is 28.6 Å². The number of nitrogens with zero attached hydrogens (tertiary/aromatic N) is 1. The molecular formula is C19H17F3N2O. The Morgan fingerprint density at radius 1 is 1.12 bits per heavy atom. The van der Waals surface area contributed by atoms with Crippen molar-refractivity contribution < 1.29 is 13.2 Å².